The number of ether oxygens (including phenoxy) is 1. The molecule has 28 heavy (non-hydrogen) atoms. The molecule has 142 valence electrons. The SMILES string of the molecule is COc1ccc2c(CC(=O)N3CCC[C@H]3c3nc4ccccc4s3)coc2c1. The van der Waals surface area contributed by atoms with Crippen molar-refractivity contribution in [2.24, 2.45) is 0 Å². The quantitative estimate of drug-likeness (QED) is 0.493. The van der Waals surface area contributed by atoms with Crippen LogP contribution in [-0.4, -0.2) is 29.4 Å². The molecule has 5 nitrogen and oxygen atoms in total. The first-order valence-electron chi connectivity index (χ1n) is 9.42. The topological polar surface area (TPSA) is 55.6 Å². The molecule has 0 N–H and O–H groups in total. The van der Waals surface area contributed by atoms with E-state index in [4.69, 9.17) is 14.1 Å². The number of methoxy groups -OCH3 is 1. The number of hydrogen-bond donors (Lipinski definition) is 0. The minimum Gasteiger partial charge on any atom is -0.497 e. The van der Waals surface area contributed by atoms with Gasteiger partial charge in [-0.2, -0.15) is 0 Å². The molecule has 1 saturated heterocycles. The van der Waals surface area contributed by atoms with Gasteiger partial charge in [0.15, 0.2) is 0 Å². The van der Waals surface area contributed by atoms with E-state index in [0.717, 1.165) is 52.2 Å². The van der Waals surface area contributed by atoms with Gasteiger partial charge < -0.3 is 14.1 Å². The number of rotatable bonds is 4. The van der Waals surface area contributed by atoms with Crippen LogP contribution in [0.1, 0.15) is 29.5 Å². The standard InChI is InChI=1S/C22H20N2O3S/c1-26-15-8-9-16-14(13-27-19(16)12-15)11-21(25)24-10-4-6-18(24)22-23-17-5-2-3-7-20(17)28-22/h2-3,5,7-9,12-13,18H,4,6,10-11H2,1H3/t18-/m0/s1. The molecule has 0 aliphatic carbocycles. The molecule has 0 spiro atoms. The predicted octanol–water partition coefficient (Wildman–Crippen LogP) is 4.96. The average Bonchev–Trinajstić information content (AvgIpc) is 3.45. The molecule has 4 aromatic rings. The molecule has 1 amide bonds. The molecule has 0 saturated carbocycles. The Hall–Kier alpha value is -2.86. The van der Waals surface area contributed by atoms with E-state index in [1.165, 1.54) is 4.70 Å². The van der Waals surface area contributed by atoms with Crippen LogP contribution in [0.3, 0.4) is 0 Å². The molecule has 3 heterocycles. The number of carbonyl (C=O) groups is 1. The van der Waals surface area contributed by atoms with Crippen molar-refractivity contribution in [1.29, 1.82) is 0 Å². The number of aromatic nitrogens is 1. The van der Waals surface area contributed by atoms with Crippen molar-refractivity contribution >= 4 is 38.4 Å². The summed E-state index contributed by atoms with van der Waals surface area (Å²) in [6, 6.07) is 13.9. The van der Waals surface area contributed by atoms with E-state index in [-0.39, 0.29) is 11.9 Å². The number of benzene rings is 2. The molecule has 1 atom stereocenters. The second-order valence-corrected chi connectivity index (χ2v) is 8.13. The van der Waals surface area contributed by atoms with Crippen LogP contribution in [0, 0.1) is 0 Å². The second kappa shape index (κ2) is 6.95. The van der Waals surface area contributed by atoms with Gasteiger partial charge in [0.05, 0.1) is 36.1 Å². The molecule has 0 unspecified atom stereocenters. The van der Waals surface area contributed by atoms with Gasteiger partial charge >= 0.3 is 0 Å². The Morgan fingerprint density at radius 2 is 2.21 bits per heavy atom. The van der Waals surface area contributed by atoms with Crippen LogP contribution in [0.25, 0.3) is 21.2 Å². The molecule has 0 radical (unpaired) electrons. The molecule has 5 rings (SSSR count). The lowest BCUT2D eigenvalue weighted by Gasteiger charge is -2.23. The summed E-state index contributed by atoms with van der Waals surface area (Å²) in [6.45, 7) is 0.781. The van der Waals surface area contributed by atoms with Gasteiger partial charge in [0.1, 0.15) is 16.3 Å². The summed E-state index contributed by atoms with van der Waals surface area (Å²) in [5.74, 6) is 0.871. The Morgan fingerprint density at radius 3 is 3.07 bits per heavy atom. The monoisotopic (exact) mass is 392 g/mol. The van der Waals surface area contributed by atoms with Crippen molar-refractivity contribution < 1.29 is 13.9 Å². The smallest absolute Gasteiger partial charge is 0.227 e. The van der Waals surface area contributed by atoms with Crippen LogP contribution in [0.5, 0.6) is 5.75 Å². The molecule has 1 fully saturated rings. The highest BCUT2D eigenvalue weighted by Gasteiger charge is 2.32. The van der Waals surface area contributed by atoms with Gasteiger partial charge in [0.2, 0.25) is 5.91 Å². The lowest BCUT2D eigenvalue weighted by molar-refractivity contribution is -0.131. The molecule has 2 aromatic carbocycles. The van der Waals surface area contributed by atoms with Gasteiger partial charge in [-0.15, -0.1) is 11.3 Å². The fourth-order valence-corrected chi connectivity index (χ4v) is 5.06. The fourth-order valence-electron chi connectivity index (χ4n) is 3.95. The molecule has 2 aromatic heterocycles. The van der Waals surface area contributed by atoms with E-state index in [0.29, 0.717) is 6.42 Å². The Kier molecular flexibility index (Phi) is 4.28. The number of likely N-dealkylation sites (tertiary alicyclic amines) is 1. The van der Waals surface area contributed by atoms with Crippen molar-refractivity contribution in [3.63, 3.8) is 0 Å². The average molecular weight is 392 g/mol. The summed E-state index contributed by atoms with van der Waals surface area (Å²) in [5.41, 5.74) is 2.67. The van der Waals surface area contributed by atoms with E-state index in [9.17, 15) is 4.79 Å². The Balaban J connectivity index is 1.40. The number of nitrogens with zero attached hydrogens (tertiary/aromatic N) is 2. The molecular formula is C22H20N2O3S. The van der Waals surface area contributed by atoms with Crippen molar-refractivity contribution in [3.05, 3.63) is 59.3 Å². The van der Waals surface area contributed by atoms with Crippen LogP contribution in [0.2, 0.25) is 0 Å². The maximum absolute atomic E-state index is 13.1. The number of fused-ring (bicyclic) bond motifs is 2. The van der Waals surface area contributed by atoms with Gasteiger partial charge in [-0.25, -0.2) is 4.98 Å². The van der Waals surface area contributed by atoms with Gasteiger partial charge in [-0.1, -0.05) is 12.1 Å². The number of para-hydroxylation sites is 1. The summed E-state index contributed by atoms with van der Waals surface area (Å²) in [4.78, 5) is 19.9. The first-order chi connectivity index (χ1) is 13.7. The number of carbonyl (C=O) groups excluding carboxylic acids is 1. The van der Waals surface area contributed by atoms with Crippen molar-refractivity contribution in [2.75, 3.05) is 13.7 Å². The van der Waals surface area contributed by atoms with E-state index >= 15 is 0 Å². The third-order valence-electron chi connectivity index (χ3n) is 5.37. The Labute approximate surface area is 166 Å². The van der Waals surface area contributed by atoms with Crippen molar-refractivity contribution in [1.82, 2.24) is 9.88 Å². The lowest BCUT2D eigenvalue weighted by Crippen LogP contribution is -2.31. The molecule has 0 bridgehead atoms. The zero-order valence-electron chi connectivity index (χ0n) is 15.6. The molecule has 6 heteroatoms. The third-order valence-corrected chi connectivity index (χ3v) is 6.51. The van der Waals surface area contributed by atoms with Crippen LogP contribution in [-0.2, 0) is 11.2 Å². The summed E-state index contributed by atoms with van der Waals surface area (Å²) in [7, 11) is 1.63. The summed E-state index contributed by atoms with van der Waals surface area (Å²) >= 11 is 1.69. The zero-order valence-corrected chi connectivity index (χ0v) is 16.4. The van der Waals surface area contributed by atoms with Gasteiger partial charge in [-0.3, -0.25) is 4.79 Å². The predicted molar refractivity (Wildman–Crippen MR) is 110 cm³/mol. The van der Waals surface area contributed by atoms with Gasteiger partial charge in [0.25, 0.3) is 0 Å². The van der Waals surface area contributed by atoms with Crippen LogP contribution in [0.4, 0.5) is 0 Å². The maximum Gasteiger partial charge on any atom is 0.227 e. The zero-order chi connectivity index (χ0) is 19.1. The highest BCUT2D eigenvalue weighted by molar-refractivity contribution is 7.18. The van der Waals surface area contributed by atoms with Crippen LogP contribution < -0.4 is 4.74 Å². The minimum absolute atomic E-state index is 0.0724. The van der Waals surface area contributed by atoms with Crippen LogP contribution >= 0.6 is 11.3 Å². The van der Waals surface area contributed by atoms with Gasteiger partial charge in [-0.05, 0) is 37.1 Å². The molecule has 1 aliphatic rings. The first-order valence-corrected chi connectivity index (χ1v) is 10.2. The Morgan fingerprint density at radius 1 is 1.32 bits per heavy atom. The number of furan rings is 1. The third kappa shape index (κ3) is 2.94. The maximum atomic E-state index is 13.1. The molecule has 1 aliphatic heterocycles. The van der Waals surface area contributed by atoms with Crippen molar-refractivity contribution in [2.45, 2.75) is 25.3 Å². The second-order valence-electron chi connectivity index (χ2n) is 7.06. The van der Waals surface area contributed by atoms with E-state index in [2.05, 4.69) is 6.07 Å². The molecular weight excluding hydrogens is 372 g/mol. The Bertz CT molecular complexity index is 1130. The van der Waals surface area contributed by atoms with Gasteiger partial charge in [0, 0.05) is 23.6 Å². The van der Waals surface area contributed by atoms with E-state index in [1.54, 1.807) is 24.7 Å². The fraction of sp³-hybridized carbons (Fsp3) is 0.273. The number of amides is 1. The van der Waals surface area contributed by atoms with E-state index < -0.39 is 0 Å². The van der Waals surface area contributed by atoms with E-state index in [1.807, 2.05) is 41.3 Å². The first kappa shape index (κ1) is 17.3. The minimum atomic E-state index is 0.0724. The summed E-state index contributed by atoms with van der Waals surface area (Å²) < 4.78 is 12.1. The lowest BCUT2D eigenvalue weighted by atomic mass is 10.1. The van der Waals surface area contributed by atoms with Crippen molar-refractivity contribution in [3.8, 4) is 5.75 Å². The van der Waals surface area contributed by atoms with Crippen LogP contribution in [0.15, 0.2) is 53.1 Å². The normalized spacial score (nSPS) is 16.9. The number of thiazole rings is 1. The summed E-state index contributed by atoms with van der Waals surface area (Å²) in [6.07, 6.45) is 4.00. The number of hydrogen-bond acceptors (Lipinski definition) is 5. The summed E-state index contributed by atoms with van der Waals surface area (Å²) in [5, 5.41) is 2.00. The largest absolute Gasteiger partial charge is 0.497 e. The highest BCUT2D eigenvalue weighted by atomic mass is 32.1. The highest BCUT2D eigenvalue weighted by Crippen LogP contribution is 2.37.